The standard InChI is InChI=1S/C26H17FN4O2/c27-20-8-9-22-23(12-20)30-25(29-22)18(13-28)11-19-15-31(24-7-2-1-6-21(19)24)14-16-4-3-5-17(10-16)26(32)33/h1-12,15H,14H2,(H,29,30)(H,32,33)/b18-11-. The van der Waals surface area contributed by atoms with Gasteiger partial charge in [0.05, 0.1) is 22.2 Å². The van der Waals surface area contributed by atoms with Gasteiger partial charge in [0, 0.05) is 29.2 Å². The topological polar surface area (TPSA) is 94.7 Å². The fraction of sp³-hybridized carbons (Fsp3) is 0.0385. The Hall–Kier alpha value is -4.70. The first-order chi connectivity index (χ1) is 16.0. The average molecular weight is 436 g/mol. The Morgan fingerprint density at radius 3 is 2.82 bits per heavy atom. The monoisotopic (exact) mass is 436 g/mol. The van der Waals surface area contributed by atoms with E-state index < -0.39 is 5.97 Å². The summed E-state index contributed by atoms with van der Waals surface area (Å²) >= 11 is 0. The normalized spacial score (nSPS) is 11.7. The number of nitriles is 1. The van der Waals surface area contributed by atoms with Gasteiger partial charge in [0.1, 0.15) is 17.7 Å². The molecule has 0 fully saturated rings. The first kappa shape index (κ1) is 20.2. The molecule has 0 aliphatic carbocycles. The molecule has 5 aromatic rings. The lowest BCUT2D eigenvalue weighted by Crippen LogP contribution is -2.01. The van der Waals surface area contributed by atoms with Gasteiger partial charge in [-0.3, -0.25) is 0 Å². The highest BCUT2D eigenvalue weighted by atomic mass is 19.1. The van der Waals surface area contributed by atoms with E-state index >= 15 is 0 Å². The second kappa shape index (κ2) is 8.09. The number of carboxylic acids is 1. The number of carboxylic acid groups (broad SMARTS) is 1. The number of hydrogen-bond acceptors (Lipinski definition) is 3. The molecule has 3 aromatic carbocycles. The SMILES string of the molecule is N#C/C(=C/c1cn(Cc2cccc(C(=O)O)c2)c2ccccc12)c1nc2ccc(F)cc2[nH]1. The van der Waals surface area contributed by atoms with Gasteiger partial charge in [-0.25, -0.2) is 14.2 Å². The number of nitrogens with one attached hydrogen (secondary N) is 1. The molecule has 6 nitrogen and oxygen atoms in total. The Labute approximate surface area is 187 Å². The van der Waals surface area contributed by atoms with E-state index in [2.05, 4.69) is 16.0 Å². The Kier molecular flexibility index (Phi) is 4.96. The fourth-order valence-electron chi connectivity index (χ4n) is 3.94. The lowest BCUT2D eigenvalue weighted by Gasteiger charge is -2.06. The van der Waals surface area contributed by atoms with Gasteiger partial charge in [-0.15, -0.1) is 0 Å². The Bertz CT molecular complexity index is 1600. The van der Waals surface area contributed by atoms with Crippen LogP contribution < -0.4 is 0 Å². The number of aromatic amines is 1. The molecule has 0 unspecified atom stereocenters. The summed E-state index contributed by atoms with van der Waals surface area (Å²) in [4.78, 5) is 18.8. The van der Waals surface area contributed by atoms with Crippen LogP contribution in [0.15, 0.2) is 72.9 Å². The molecule has 2 aromatic heterocycles. The number of H-pyrrole nitrogens is 1. The number of benzene rings is 3. The van der Waals surface area contributed by atoms with E-state index in [4.69, 9.17) is 0 Å². The zero-order valence-corrected chi connectivity index (χ0v) is 17.3. The molecule has 0 atom stereocenters. The molecular formula is C26H17FN4O2. The van der Waals surface area contributed by atoms with E-state index in [9.17, 15) is 19.6 Å². The van der Waals surface area contributed by atoms with Crippen molar-refractivity contribution in [3.63, 3.8) is 0 Å². The molecule has 7 heteroatoms. The molecule has 5 rings (SSSR count). The summed E-state index contributed by atoms with van der Waals surface area (Å²) < 4.78 is 15.6. The zero-order chi connectivity index (χ0) is 22.9. The van der Waals surface area contributed by atoms with Crippen LogP contribution in [-0.4, -0.2) is 25.6 Å². The molecule has 33 heavy (non-hydrogen) atoms. The number of nitrogens with zero attached hydrogens (tertiary/aromatic N) is 3. The van der Waals surface area contributed by atoms with Crippen molar-refractivity contribution in [3.8, 4) is 6.07 Å². The van der Waals surface area contributed by atoms with Crippen molar-refractivity contribution in [3.05, 3.63) is 101 Å². The third kappa shape index (κ3) is 3.86. The van der Waals surface area contributed by atoms with Crippen LogP contribution in [-0.2, 0) is 6.54 Å². The summed E-state index contributed by atoms with van der Waals surface area (Å²) in [5.74, 6) is -0.985. The van der Waals surface area contributed by atoms with Crippen LogP contribution in [0.4, 0.5) is 4.39 Å². The molecule has 0 aliphatic heterocycles. The van der Waals surface area contributed by atoms with Crippen molar-refractivity contribution < 1.29 is 14.3 Å². The highest BCUT2D eigenvalue weighted by Gasteiger charge is 2.13. The number of aromatic nitrogens is 3. The van der Waals surface area contributed by atoms with Crippen molar-refractivity contribution in [2.45, 2.75) is 6.54 Å². The summed E-state index contributed by atoms with van der Waals surface area (Å²) in [7, 11) is 0. The van der Waals surface area contributed by atoms with Crippen molar-refractivity contribution in [1.29, 1.82) is 5.26 Å². The molecule has 160 valence electrons. The highest BCUT2D eigenvalue weighted by Crippen LogP contribution is 2.27. The van der Waals surface area contributed by atoms with Crippen molar-refractivity contribution in [2.75, 3.05) is 0 Å². The quantitative estimate of drug-likeness (QED) is 0.357. The molecule has 2 heterocycles. The number of allylic oxidation sites excluding steroid dienone is 1. The molecule has 0 aliphatic rings. The van der Waals surface area contributed by atoms with Crippen LogP contribution >= 0.6 is 0 Å². The molecular weight excluding hydrogens is 419 g/mol. The minimum Gasteiger partial charge on any atom is -0.478 e. The highest BCUT2D eigenvalue weighted by molar-refractivity contribution is 5.98. The van der Waals surface area contributed by atoms with Gasteiger partial charge in [-0.1, -0.05) is 30.3 Å². The Morgan fingerprint density at radius 2 is 2.00 bits per heavy atom. The maximum atomic E-state index is 13.5. The van der Waals surface area contributed by atoms with Crippen LogP contribution in [0.2, 0.25) is 0 Å². The lowest BCUT2D eigenvalue weighted by molar-refractivity contribution is 0.0696. The third-order valence-corrected chi connectivity index (χ3v) is 5.47. The number of imidazole rings is 1. The summed E-state index contributed by atoms with van der Waals surface area (Å²) in [6.45, 7) is 0.473. The van der Waals surface area contributed by atoms with Gasteiger partial charge >= 0.3 is 5.97 Å². The van der Waals surface area contributed by atoms with E-state index in [1.165, 1.54) is 12.1 Å². The number of para-hydroxylation sites is 1. The van der Waals surface area contributed by atoms with E-state index in [0.29, 0.717) is 29.0 Å². The number of aromatic carboxylic acids is 1. The summed E-state index contributed by atoms with van der Waals surface area (Å²) in [5.41, 5.74) is 4.28. The van der Waals surface area contributed by atoms with E-state index in [0.717, 1.165) is 22.0 Å². The average Bonchev–Trinajstić information content (AvgIpc) is 3.38. The number of fused-ring (bicyclic) bond motifs is 2. The number of rotatable bonds is 5. The van der Waals surface area contributed by atoms with Crippen molar-refractivity contribution in [1.82, 2.24) is 14.5 Å². The minimum absolute atomic E-state index is 0.233. The van der Waals surface area contributed by atoms with Crippen molar-refractivity contribution in [2.24, 2.45) is 0 Å². The second-order valence-electron chi connectivity index (χ2n) is 7.65. The van der Waals surface area contributed by atoms with Crippen LogP contribution in [0.25, 0.3) is 33.6 Å². The molecule has 0 amide bonds. The van der Waals surface area contributed by atoms with Crippen LogP contribution in [0.1, 0.15) is 27.3 Å². The van der Waals surface area contributed by atoms with E-state index in [-0.39, 0.29) is 11.4 Å². The zero-order valence-electron chi connectivity index (χ0n) is 17.3. The molecule has 0 saturated carbocycles. The van der Waals surface area contributed by atoms with Gasteiger partial charge in [-0.2, -0.15) is 5.26 Å². The van der Waals surface area contributed by atoms with Crippen LogP contribution in [0.5, 0.6) is 0 Å². The van der Waals surface area contributed by atoms with Gasteiger partial charge < -0.3 is 14.7 Å². The number of halogens is 1. The van der Waals surface area contributed by atoms with Crippen molar-refractivity contribution >= 4 is 39.6 Å². The van der Waals surface area contributed by atoms with Gasteiger partial charge in [-0.05, 0) is 48.0 Å². The predicted octanol–water partition coefficient (Wildman–Crippen LogP) is 5.47. The smallest absolute Gasteiger partial charge is 0.335 e. The summed E-state index contributed by atoms with van der Waals surface area (Å²) in [6.07, 6.45) is 3.68. The second-order valence-corrected chi connectivity index (χ2v) is 7.65. The minimum atomic E-state index is -0.970. The van der Waals surface area contributed by atoms with E-state index in [1.807, 2.05) is 41.1 Å². The molecule has 2 N–H and O–H groups in total. The summed E-state index contributed by atoms with van der Waals surface area (Å²) in [6, 6.07) is 21.0. The van der Waals surface area contributed by atoms with Crippen LogP contribution in [0, 0.1) is 17.1 Å². The van der Waals surface area contributed by atoms with Gasteiger partial charge in [0.15, 0.2) is 0 Å². The Balaban J connectivity index is 1.58. The first-order valence-electron chi connectivity index (χ1n) is 10.2. The Morgan fingerprint density at radius 1 is 1.15 bits per heavy atom. The van der Waals surface area contributed by atoms with Gasteiger partial charge in [0.2, 0.25) is 0 Å². The maximum absolute atomic E-state index is 13.5. The fourth-order valence-corrected chi connectivity index (χ4v) is 3.94. The molecule has 0 spiro atoms. The largest absolute Gasteiger partial charge is 0.478 e. The van der Waals surface area contributed by atoms with E-state index in [1.54, 1.807) is 30.3 Å². The number of carbonyl (C=O) groups is 1. The predicted molar refractivity (Wildman–Crippen MR) is 124 cm³/mol. The summed E-state index contributed by atoms with van der Waals surface area (Å²) in [5, 5.41) is 20.0. The number of hydrogen-bond donors (Lipinski definition) is 2. The molecule has 0 saturated heterocycles. The molecule has 0 bridgehead atoms. The maximum Gasteiger partial charge on any atom is 0.335 e. The lowest BCUT2D eigenvalue weighted by atomic mass is 10.1. The first-order valence-corrected chi connectivity index (χ1v) is 10.2. The van der Waals surface area contributed by atoms with Crippen LogP contribution in [0.3, 0.4) is 0 Å². The molecule has 0 radical (unpaired) electrons. The van der Waals surface area contributed by atoms with Gasteiger partial charge in [0.25, 0.3) is 0 Å². The third-order valence-electron chi connectivity index (χ3n) is 5.47.